The second-order valence-corrected chi connectivity index (χ2v) is 6.59. The fraction of sp³-hybridized carbons (Fsp3) is 0.143. The Morgan fingerprint density at radius 3 is 2.50 bits per heavy atom. The van der Waals surface area contributed by atoms with Gasteiger partial charge in [0.2, 0.25) is 0 Å². The zero-order valence-corrected chi connectivity index (χ0v) is 16.1. The van der Waals surface area contributed by atoms with E-state index in [4.69, 9.17) is 21.1 Å². The Morgan fingerprint density at radius 1 is 1.04 bits per heavy atom. The van der Waals surface area contributed by atoms with Crippen LogP contribution in [0.15, 0.2) is 60.8 Å². The Bertz CT molecular complexity index is 1030. The van der Waals surface area contributed by atoms with Crippen LogP contribution < -0.4 is 19.7 Å². The summed E-state index contributed by atoms with van der Waals surface area (Å²) in [5.41, 5.74) is 2.60. The van der Waals surface area contributed by atoms with Crippen molar-refractivity contribution in [1.29, 1.82) is 0 Å². The van der Waals surface area contributed by atoms with Crippen LogP contribution in [-0.2, 0) is 0 Å². The van der Waals surface area contributed by atoms with Crippen molar-refractivity contribution in [2.24, 2.45) is 0 Å². The summed E-state index contributed by atoms with van der Waals surface area (Å²) < 4.78 is 10.7. The van der Waals surface area contributed by atoms with E-state index in [9.17, 15) is 4.79 Å². The standard InChI is InChI=1S/C21H18ClN3O3/c1-27-17-12-18(28-2)16(11-15(17)22)24-20-19-14(9-6-10-23-19)21(26)25(20)13-7-4-3-5-8-13/h3-12,20,24H,1-2H3/t20-/m0/s1. The van der Waals surface area contributed by atoms with E-state index in [-0.39, 0.29) is 5.91 Å². The molecule has 1 N–H and O–H groups in total. The van der Waals surface area contributed by atoms with Crippen molar-refractivity contribution in [3.8, 4) is 11.5 Å². The molecule has 3 aromatic rings. The molecule has 6 nitrogen and oxygen atoms in total. The fourth-order valence-corrected chi connectivity index (χ4v) is 3.53. The number of carbonyl (C=O) groups excluding carboxylic acids is 1. The van der Waals surface area contributed by atoms with Gasteiger partial charge >= 0.3 is 0 Å². The average molecular weight is 396 g/mol. The molecule has 0 radical (unpaired) electrons. The van der Waals surface area contributed by atoms with Gasteiger partial charge in [-0.15, -0.1) is 0 Å². The lowest BCUT2D eigenvalue weighted by Gasteiger charge is -2.27. The van der Waals surface area contributed by atoms with Crippen molar-refractivity contribution in [1.82, 2.24) is 4.98 Å². The van der Waals surface area contributed by atoms with E-state index in [1.54, 1.807) is 49.6 Å². The number of anilines is 2. The zero-order valence-electron chi connectivity index (χ0n) is 15.3. The van der Waals surface area contributed by atoms with Crippen molar-refractivity contribution in [2.75, 3.05) is 24.4 Å². The van der Waals surface area contributed by atoms with E-state index in [0.29, 0.717) is 33.5 Å². The third-order valence-electron chi connectivity index (χ3n) is 4.61. The molecule has 0 fully saturated rings. The number of ether oxygens (including phenoxy) is 2. The number of rotatable bonds is 5. The Balaban J connectivity index is 1.80. The zero-order chi connectivity index (χ0) is 19.7. The molecule has 0 aliphatic carbocycles. The van der Waals surface area contributed by atoms with Crippen molar-refractivity contribution >= 4 is 28.9 Å². The number of methoxy groups -OCH3 is 2. The summed E-state index contributed by atoms with van der Waals surface area (Å²) in [6.45, 7) is 0. The summed E-state index contributed by atoms with van der Waals surface area (Å²) >= 11 is 6.31. The Labute approximate surface area is 167 Å². The third-order valence-corrected chi connectivity index (χ3v) is 4.90. The minimum Gasteiger partial charge on any atom is -0.495 e. The van der Waals surface area contributed by atoms with Crippen LogP contribution in [0.1, 0.15) is 22.2 Å². The summed E-state index contributed by atoms with van der Waals surface area (Å²) in [7, 11) is 3.11. The predicted molar refractivity (Wildman–Crippen MR) is 108 cm³/mol. The third kappa shape index (κ3) is 3.01. The van der Waals surface area contributed by atoms with Crippen molar-refractivity contribution in [3.63, 3.8) is 0 Å². The maximum Gasteiger partial charge on any atom is 0.262 e. The molecule has 1 aliphatic heterocycles. The molecule has 2 heterocycles. The van der Waals surface area contributed by atoms with Gasteiger partial charge < -0.3 is 14.8 Å². The van der Waals surface area contributed by atoms with E-state index in [0.717, 1.165) is 5.69 Å². The van der Waals surface area contributed by atoms with Crippen LogP contribution in [0.5, 0.6) is 11.5 Å². The van der Waals surface area contributed by atoms with Gasteiger partial charge in [-0.3, -0.25) is 14.7 Å². The van der Waals surface area contributed by atoms with E-state index in [2.05, 4.69) is 10.3 Å². The Kier molecular flexibility index (Phi) is 4.79. The lowest BCUT2D eigenvalue weighted by atomic mass is 10.2. The summed E-state index contributed by atoms with van der Waals surface area (Å²) in [5.74, 6) is 0.932. The topological polar surface area (TPSA) is 63.7 Å². The normalized spacial score (nSPS) is 15.3. The van der Waals surface area contributed by atoms with Crippen molar-refractivity contribution in [3.05, 3.63) is 77.1 Å². The molecule has 0 saturated heterocycles. The highest BCUT2D eigenvalue weighted by Crippen LogP contribution is 2.41. The maximum atomic E-state index is 13.1. The Hall–Kier alpha value is -3.25. The highest BCUT2D eigenvalue weighted by atomic mass is 35.5. The van der Waals surface area contributed by atoms with Crippen molar-refractivity contribution in [2.45, 2.75) is 6.17 Å². The first-order chi connectivity index (χ1) is 13.6. The van der Waals surface area contributed by atoms with Gasteiger partial charge in [0.05, 0.1) is 36.2 Å². The average Bonchev–Trinajstić information content (AvgIpc) is 3.01. The number of aromatic nitrogens is 1. The molecule has 7 heteroatoms. The van der Waals surface area contributed by atoms with Crippen LogP contribution in [-0.4, -0.2) is 25.1 Å². The van der Waals surface area contributed by atoms with Crippen LogP contribution in [0.3, 0.4) is 0 Å². The van der Waals surface area contributed by atoms with E-state index >= 15 is 0 Å². The lowest BCUT2D eigenvalue weighted by molar-refractivity contribution is 0.0993. The van der Waals surface area contributed by atoms with Crippen LogP contribution in [0.2, 0.25) is 5.02 Å². The van der Waals surface area contributed by atoms with Crippen LogP contribution in [0.4, 0.5) is 11.4 Å². The van der Waals surface area contributed by atoms with E-state index in [1.165, 1.54) is 0 Å². The molecular formula is C21H18ClN3O3. The SMILES string of the molecule is COc1cc(OC)c(N[C@@H]2c3ncccc3C(=O)N2c2ccccc2)cc1Cl. The van der Waals surface area contributed by atoms with Gasteiger partial charge in [0.1, 0.15) is 11.5 Å². The number of halogens is 1. The summed E-state index contributed by atoms with van der Waals surface area (Å²) in [4.78, 5) is 19.2. The predicted octanol–water partition coefficient (Wildman–Crippen LogP) is 4.52. The molecule has 0 saturated carbocycles. The van der Waals surface area contributed by atoms with Gasteiger partial charge in [-0.2, -0.15) is 0 Å². The minimum absolute atomic E-state index is 0.120. The number of hydrogen-bond acceptors (Lipinski definition) is 5. The van der Waals surface area contributed by atoms with Gasteiger partial charge in [-0.05, 0) is 30.3 Å². The highest BCUT2D eigenvalue weighted by Gasteiger charge is 2.39. The molecule has 28 heavy (non-hydrogen) atoms. The molecule has 142 valence electrons. The lowest BCUT2D eigenvalue weighted by Crippen LogP contribution is -2.32. The first kappa shape index (κ1) is 18.1. The second kappa shape index (κ2) is 7.40. The van der Waals surface area contributed by atoms with Crippen molar-refractivity contribution < 1.29 is 14.3 Å². The molecule has 1 aliphatic rings. The fourth-order valence-electron chi connectivity index (χ4n) is 3.29. The molecule has 0 bridgehead atoms. The molecular weight excluding hydrogens is 378 g/mol. The number of nitrogens with zero attached hydrogens (tertiary/aromatic N) is 2. The molecule has 1 aromatic heterocycles. The van der Waals surface area contributed by atoms with Gasteiger partial charge in [-0.1, -0.05) is 29.8 Å². The molecule has 2 aromatic carbocycles. The molecule has 1 atom stereocenters. The quantitative estimate of drug-likeness (QED) is 0.688. The van der Waals surface area contributed by atoms with Gasteiger partial charge in [0.25, 0.3) is 5.91 Å². The maximum absolute atomic E-state index is 13.1. The second-order valence-electron chi connectivity index (χ2n) is 6.18. The molecule has 0 unspecified atom stereocenters. The molecule has 4 rings (SSSR count). The number of para-hydroxylation sites is 1. The Morgan fingerprint density at radius 2 is 1.79 bits per heavy atom. The van der Waals surface area contributed by atoms with Crippen LogP contribution >= 0.6 is 11.6 Å². The monoisotopic (exact) mass is 395 g/mol. The summed E-state index contributed by atoms with van der Waals surface area (Å²) in [6.07, 6.45) is 1.16. The van der Waals surface area contributed by atoms with E-state index < -0.39 is 6.17 Å². The number of benzene rings is 2. The summed E-state index contributed by atoms with van der Waals surface area (Å²) in [6, 6.07) is 16.4. The minimum atomic E-state index is -0.510. The smallest absolute Gasteiger partial charge is 0.262 e. The number of nitrogens with one attached hydrogen (secondary N) is 1. The number of pyridine rings is 1. The van der Waals surface area contributed by atoms with Crippen LogP contribution in [0.25, 0.3) is 0 Å². The largest absolute Gasteiger partial charge is 0.495 e. The number of carbonyl (C=O) groups is 1. The van der Waals surface area contributed by atoms with Gasteiger partial charge in [-0.25, -0.2) is 0 Å². The first-order valence-electron chi connectivity index (χ1n) is 8.65. The number of hydrogen-bond donors (Lipinski definition) is 1. The van der Waals surface area contributed by atoms with Gasteiger partial charge in [0, 0.05) is 18.0 Å². The van der Waals surface area contributed by atoms with E-state index in [1.807, 2.05) is 30.3 Å². The molecule has 1 amide bonds. The summed E-state index contributed by atoms with van der Waals surface area (Å²) in [5, 5.41) is 3.80. The highest BCUT2D eigenvalue weighted by molar-refractivity contribution is 6.32. The first-order valence-corrected chi connectivity index (χ1v) is 9.03. The van der Waals surface area contributed by atoms with Gasteiger partial charge in [0.15, 0.2) is 6.17 Å². The number of fused-ring (bicyclic) bond motifs is 1. The number of amides is 1. The van der Waals surface area contributed by atoms with Crippen LogP contribution in [0, 0.1) is 0 Å². The molecule has 0 spiro atoms.